The van der Waals surface area contributed by atoms with E-state index in [2.05, 4.69) is 0 Å². The number of nitrogens with zero attached hydrogens (tertiary/aromatic N) is 1. The van der Waals surface area contributed by atoms with Crippen LogP contribution in [0.15, 0.2) is 24.3 Å². The number of carboxylic acid groups (broad SMARTS) is 1. The molecule has 1 aromatic carbocycles. The van der Waals surface area contributed by atoms with Gasteiger partial charge in [0.15, 0.2) is 0 Å². The van der Waals surface area contributed by atoms with Crippen molar-refractivity contribution in [3.05, 3.63) is 35.4 Å². The molecule has 0 aromatic heterocycles. The van der Waals surface area contributed by atoms with Crippen LogP contribution >= 0.6 is 0 Å². The maximum absolute atomic E-state index is 12.8. The fourth-order valence-electron chi connectivity index (χ4n) is 2.95. The van der Waals surface area contributed by atoms with Crippen LogP contribution in [0.25, 0.3) is 0 Å². The van der Waals surface area contributed by atoms with Crippen molar-refractivity contribution in [3.63, 3.8) is 0 Å². The van der Waals surface area contributed by atoms with Gasteiger partial charge in [0.25, 0.3) is 0 Å². The maximum atomic E-state index is 12.8. The van der Waals surface area contributed by atoms with Crippen LogP contribution in [0, 0.1) is 0 Å². The van der Waals surface area contributed by atoms with E-state index in [1.807, 2.05) is 11.8 Å². The van der Waals surface area contributed by atoms with Gasteiger partial charge in [-0.1, -0.05) is 12.1 Å². The van der Waals surface area contributed by atoms with Crippen LogP contribution in [-0.2, 0) is 11.0 Å². The van der Waals surface area contributed by atoms with Crippen LogP contribution in [0.2, 0.25) is 0 Å². The van der Waals surface area contributed by atoms with Crippen molar-refractivity contribution < 1.29 is 23.1 Å². The molecule has 3 nitrogen and oxygen atoms in total. The molecule has 6 heteroatoms. The molecule has 1 saturated heterocycles. The number of halogens is 3. The molecule has 116 valence electrons. The van der Waals surface area contributed by atoms with Crippen molar-refractivity contribution in [2.24, 2.45) is 0 Å². The zero-order chi connectivity index (χ0) is 15.6. The van der Waals surface area contributed by atoms with Gasteiger partial charge >= 0.3 is 12.1 Å². The summed E-state index contributed by atoms with van der Waals surface area (Å²) in [4.78, 5) is 12.9. The normalized spacial score (nSPS) is 21.4. The first-order valence-corrected chi connectivity index (χ1v) is 6.93. The number of benzene rings is 1. The second-order valence-corrected chi connectivity index (χ2v) is 5.43. The third kappa shape index (κ3) is 3.75. The van der Waals surface area contributed by atoms with E-state index in [0.29, 0.717) is 5.56 Å². The second kappa shape index (κ2) is 6.05. The standard InChI is InChI=1S/C15H18F3NO2/c1-10(19-7-3-6-13(19)9-14(20)21)11-4-2-5-12(8-11)15(16,17)18/h2,4-5,8,10,13H,3,6-7,9H2,1H3,(H,20,21). The van der Waals surface area contributed by atoms with E-state index in [9.17, 15) is 18.0 Å². The van der Waals surface area contributed by atoms with Gasteiger partial charge in [0.1, 0.15) is 0 Å². The number of hydrogen-bond donors (Lipinski definition) is 1. The van der Waals surface area contributed by atoms with Crippen molar-refractivity contribution in [2.75, 3.05) is 6.54 Å². The summed E-state index contributed by atoms with van der Waals surface area (Å²) in [6, 6.07) is 4.94. The largest absolute Gasteiger partial charge is 0.481 e. The number of likely N-dealkylation sites (tertiary alicyclic amines) is 1. The smallest absolute Gasteiger partial charge is 0.416 e. The molecule has 0 bridgehead atoms. The highest BCUT2D eigenvalue weighted by atomic mass is 19.4. The summed E-state index contributed by atoms with van der Waals surface area (Å²) in [6.07, 6.45) is -2.68. The van der Waals surface area contributed by atoms with Crippen LogP contribution < -0.4 is 0 Å². The molecule has 0 aliphatic carbocycles. The van der Waals surface area contributed by atoms with Crippen LogP contribution in [-0.4, -0.2) is 28.6 Å². The molecule has 1 N–H and O–H groups in total. The number of hydrogen-bond acceptors (Lipinski definition) is 2. The Kier molecular flexibility index (Phi) is 4.56. The minimum Gasteiger partial charge on any atom is -0.481 e. The lowest BCUT2D eigenvalue weighted by Gasteiger charge is -2.30. The van der Waals surface area contributed by atoms with Crippen LogP contribution in [0.5, 0.6) is 0 Å². The Labute approximate surface area is 121 Å². The first-order valence-electron chi connectivity index (χ1n) is 6.93. The van der Waals surface area contributed by atoms with Crippen molar-refractivity contribution >= 4 is 5.97 Å². The van der Waals surface area contributed by atoms with Crippen molar-refractivity contribution in [3.8, 4) is 0 Å². The molecule has 1 aliphatic heterocycles. The molecule has 2 rings (SSSR count). The fraction of sp³-hybridized carbons (Fsp3) is 0.533. The summed E-state index contributed by atoms with van der Waals surface area (Å²) >= 11 is 0. The highest BCUT2D eigenvalue weighted by Gasteiger charge is 2.33. The molecule has 0 amide bonds. The highest BCUT2D eigenvalue weighted by molar-refractivity contribution is 5.67. The summed E-state index contributed by atoms with van der Waals surface area (Å²) in [6.45, 7) is 2.55. The molecule has 2 atom stereocenters. The highest BCUT2D eigenvalue weighted by Crippen LogP contribution is 2.34. The van der Waals surface area contributed by atoms with Gasteiger partial charge in [0, 0.05) is 12.1 Å². The number of carbonyl (C=O) groups is 1. The Morgan fingerprint density at radius 2 is 2.19 bits per heavy atom. The Morgan fingerprint density at radius 1 is 1.48 bits per heavy atom. The quantitative estimate of drug-likeness (QED) is 0.921. The van der Waals surface area contributed by atoms with E-state index < -0.39 is 17.7 Å². The molecule has 21 heavy (non-hydrogen) atoms. The summed E-state index contributed by atoms with van der Waals surface area (Å²) in [5.74, 6) is -0.872. The monoisotopic (exact) mass is 301 g/mol. The first kappa shape index (κ1) is 15.8. The molecule has 1 heterocycles. The molecule has 1 aliphatic rings. The lowest BCUT2D eigenvalue weighted by molar-refractivity contribution is -0.138. The molecule has 1 fully saturated rings. The molecular formula is C15H18F3NO2. The summed E-state index contributed by atoms with van der Waals surface area (Å²) in [5.41, 5.74) is -0.0945. The number of rotatable bonds is 4. The first-order chi connectivity index (χ1) is 9.79. The fourth-order valence-corrected chi connectivity index (χ4v) is 2.95. The van der Waals surface area contributed by atoms with Gasteiger partial charge in [-0.25, -0.2) is 0 Å². The third-order valence-electron chi connectivity index (χ3n) is 4.03. The molecular weight excluding hydrogens is 283 g/mol. The Morgan fingerprint density at radius 3 is 2.81 bits per heavy atom. The van der Waals surface area contributed by atoms with Crippen molar-refractivity contribution in [1.82, 2.24) is 4.90 Å². The third-order valence-corrected chi connectivity index (χ3v) is 4.03. The number of alkyl halides is 3. The number of aliphatic carboxylic acids is 1. The average molecular weight is 301 g/mol. The second-order valence-electron chi connectivity index (χ2n) is 5.43. The SMILES string of the molecule is CC(c1cccc(C(F)(F)F)c1)N1CCCC1CC(=O)O. The summed E-state index contributed by atoms with van der Waals surface area (Å²) in [7, 11) is 0. The zero-order valence-corrected chi connectivity index (χ0v) is 11.7. The van der Waals surface area contributed by atoms with E-state index in [4.69, 9.17) is 5.11 Å². The topological polar surface area (TPSA) is 40.5 Å². The van der Waals surface area contributed by atoms with Gasteiger partial charge in [0.2, 0.25) is 0 Å². The van der Waals surface area contributed by atoms with E-state index in [1.165, 1.54) is 6.07 Å². The van der Waals surface area contributed by atoms with Crippen LogP contribution in [0.1, 0.15) is 43.4 Å². The minimum absolute atomic E-state index is 0.0311. The van der Waals surface area contributed by atoms with E-state index >= 15 is 0 Å². The van der Waals surface area contributed by atoms with Crippen LogP contribution in [0.3, 0.4) is 0 Å². The Balaban J connectivity index is 2.19. The Bertz CT molecular complexity index is 516. The summed E-state index contributed by atoms with van der Waals surface area (Å²) in [5, 5.41) is 8.92. The molecule has 0 spiro atoms. The van der Waals surface area contributed by atoms with Gasteiger partial charge in [-0.05, 0) is 44.0 Å². The maximum Gasteiger partial charge on any atom is 0.416 e. The van der Waals surface area contributed by atoms with Gasteiger partial charge in [-0.2, -0.15) is 13.2 Å². The van der Waals surface area contributed by atoms with Crippen molar-refractivity contribution in [2.45, 2.75) is 44.4 Å². The average Bonchev–Trinajstić information content (AvgIpc) is 2.84. The molecule has 0 saturated carbocycles. The minimum atomic E-state index is -4.36. The van der Waals surface area contributed by atoms with Gasteiger partial charge in [-0.15, -0.1) is 0 Å². The predicted molar refractivity (Wildman–Crippen MR) is 71.8 cm³/mol. The predicted octanol–water partition coefficient (Wildman–Crippen LogP) is 3.71. The van der Waals surface area contributed by atoms with E-state index in [0.717, 1.165) is 31.5 Å². The van der Waals surface area contributed by atoms with Gasteiger partial charge < -0.3 is 5.11 Å². The lowest BCUT2D eigenvalue weighted by Crippen LogP contribution is -2.33. The molecule has 2 unspecified atom stereocenters. The molecule has 1 aromatic rings. The summed E-state index contributed by atoms with van der Waals surface area (Å²) < 4.78 is 38.3. The van der Waals surface area contributed by atoms with Gasteiger partial charge in [0.05, 0.1) is 12.0 Å². The van der Waals surface area contributed by atoms with E-state index in [1.54, 1.807) is 6.07 Å². The van der Waals surface area contributed by atoms with Crippen molar-refractivity contribution in [1.29, 1.82) is 0 Å². The Hall–Kier alpha value is -1.56. The number of carboxylic acids is 1. The van der Waals surface area contributed by atoms with E-state index in [-0.39, 0.29) is 18.5 Å². The van der Waals surface area contributed by atoms with Gasteiger partial charge in [-0.3, -0.25) is 9.69 Å². The molecule has 0 radical (unpaired) electrons. The van der Waals surface area contributed by atoms with Crippen LogP contribution in [0.4, 0.5) is 13.2 Å². The zero-order valence-electron chi connectivity index (χ0n) is 11.7. The lowest BCUT2D eigenvalue weighted by atomic mass is 10.0.